The topological polar surface area (TPSA) is 112 Å². The van der Waals surface area contributed by atoms with Gasteiger partial charge in [-0.3, -0.25) is 9.48 Å². The van der Waals surface area contributed by atoms with Crippen LogP contribution in [0.5, 0.6) is 0 Å². The molecular weight excluding hydrogens is 473 g/mol. The number of nitrogen functional groups attached to an aromatic ring is 1. The van der Waals surface area contributed by atoms with E-state index in [4.69, 9.17) is 28.4 Å². The van der Waals surface area contributed by atoms with Gasteiger partial charge in [0.1, 0.15) is 34.6 Å². The van der Waals surface area contributed by atoms with Gasteiger partial charge >= 0.3 is 0 Å². The zero-order valence-corrected chi connectivity index (χ0v) is 19.5. The number of benzene rings is 2. The fourth-order valence-corrected chi connectivity index (χ4v) is 3.91. The number of carbonyl (C=O) groups excluding carboxylic acids is 1. The van der Waals surface area contributed by atoms with E-state index < -0.39 is 5.82 Å². The average Bonchev–Trinajstić information content (AvgIpc) is 3.42. The van der Waals surface area contributed by atoms with Crippen molar-refractivity contribution >= 4 is 28.9 Å². The summed E-state index contributed by atoms with van der Waals surface area (Å²) in [6.07, 6.45) is 0.205. The van der Waals surface area contributed by atoms with Gasteiger partial charge in [0.25, 0.3) is 5.69 Å². The number of nitrogens with zero attached hydrogens (tertiary/aromatic N) is 4. The van der Waals surface area contributed by atoms with Crippen LogP contribution in [-0.4, -0.2) is 32.4 Å². The van der Waals surface area contributed by atoms with Gasteiger partial charge in [0.15, 0.2) is 0 Å². The number of nitrogens with two attached hydrogens (primary N) is 1. The van der Waals surface area contributed by atoms with E-state index in [0.717, 1.165) is 5.56 Å². The van der Waals surface area contributed by atoms with E-state index >= 15 is 0 Å². The predicted octanol–water partition coefficient (Wildman–Crippen LogP) is 5.04. The van der Waals surface area contributed by atoms with Gasteiger partial charge in [0, 0.05) is 18.1 Å². The molecule has 8 nitrogen and oxygen atoms in total. The predicted molar refractivity (Wildman–Crippen MR) is 129 cm³/mol. The first-order chi connectivity index (χ1) is 16.8. The lowest BCUT2D eigenvalue weighted by Gasteiger charge is -2.10. The molecule has 1 atom stereocenters. The number of anilines is 1. The lowest BCUT2D eigenvalue weighted by molar-refractivity contribution is -0.118. The van der Waals surface area contributed by atoms with Crippen LogP contribution in [0.25, 0.3) is 27.4 Å². The molecule has 0 spiro atoms. The summed E-state index contributed by atoms with van der Waals surface area (Å²) in [7, 11) is 0. The number of hydrogen-bond donors (Lipinski definition) is 2. The summed E-state index contributed by atoms with van der Waals surface area (Å²) < 4.78 is 20.0. The Labute approximate surface area is 205 Å². The number of aliphatic hydroxyl groups is 1. The first-order valence-electron chi connectivity index (χ1n) is 10.7. The zero-order chi connectivity index (χ0) is 25.1. The number of ketones is 1. The summed E-state index contributed by atoms with van der Waals surface area (Å²) >= 11 is 6.07. The van der Waals surface area contributed by atoms with Crippen LogP contribution >= 0.6 is 11.6 Å². The molecule has 0 aliphatic carbocycles. The van der Waals surface area contributed by atoms with Crippen LogP contribution in [0.3, 0.4) is 0 Å². The number of Topliss-reactive ketones (excluding diaryl/α,β-unsaturated/α-hetero) is 1. The molecule has 178 valence electrons. The van der Waals surface area contributed by atoms with Crippen LogP contribution in [-0.2, 0) is 17.6 Å². The van der Waals surface area contributed by atoms with E-state index in [2.05, 4.69) is 15.1 Å². The molecule has 10 heteroatoms. The summed E-state index contributed by atoms with van der Waals surface area (Å²) in [4.78, 5) is 16.1. The highest BCUT2D eigenvalue weighted by molar-refractivity contribution is 6.33. The van der Waals surface area contributed by atoms with Crippen LogP contribution in [0.2, 0.25) is 5.02 Å². The smallest absolute Gasteiger partial charge is 0.254 e. The van der Waals surface area contributed by atoms with E-state index in [0.29, 0.717) is 28.3 Å². The number of carbonyl (C=O) groups is 1. The molecule has 0 radical (unpaired) electrons. The van der Waals surface area contributed by atoms with E-state index in [1.54, 1.807) is 37.3 Å². The summed E-state index contributed by atoms with van der Waals surface area (Å²) in [6.45, 7) is 9.04. The van der Waals surface area contributed by atoms with E-state index in [1.165, 1.54) is 22.9 Å². The van der Waals surface area contributed by atoms with Gasteiger partial charge in [-0.05, 0) is 36.2 Å². The molecular formula is C25H21ClFN5O3. The van der Waals surface area contributed by atoms with E-state index in [9.17, 15) is 14.3 Å². The maximum Gasteiger partial charge on any atom is 0.254 e. The molecule has 0 bridgehead atoms. The molecule has 0 aliphatic heterocycles. The van der Waals surface area contributed by atoms with Gasteiger partial charge in [0.2, 0.25) is 0 Å². The largest absolute Gasteiger partial charge is 0.394 e. The maximum absolute atomic E-state index is 13.3. The summed E-state index contributed by atoms with van der Waals surface area (Å²) in [5.41, 5.74) is 9.08. The van der Waals surface area contributed by atoms with Crippen molar-refractivity contribution in [1.82, 2.24) is 14.9 Å². The lowest BCUT2D eigenvalue weighted by atomic mass is 10.0. The van der Waals surface area contributed by atoms with Gasteiger partial charge in [-0.2, -0.15) is 5.10 Å². The van der Waals surface area contributed by atoms with Crippen LogP contribution < -0.4 is 5.73 Å². The van der Waals surface area contributed by atoms with Gasteiger partial charge < -0.3 is 15.4 Å². The molecule has 2 heterocycles. The highest BCUT2D eigenvalue weighted by Gasteiger charge is 2.20. The fourth-order valence-electron chi connectivity index (χ4n) is 3.64. The SMILES string of the molecule is [C-]#[N+]c1c(-c2ccc(CC(=O)Cc3cc(-c4ccc(F)cc4Cl)no3)cc2)nn(C(C)CO)c1N. The summed E-state index contributed by atoms with van der Waals surface area (Å²) in [6, 6.07) is 12.3. The van der Waals surface area contributed by atoms with Crippen LogP contribution in [0, 0.1) is 12.4 Å². The number of aromatic nitrogens is 3. The molecule has 2 aromatic carbocycles. The molecule has 0 amide bonds. The highest BCUT2D eigenvalue weighted by Crippen LogP contribution is 2.36. The van der Waals surface area contributed by atoms with Crippen molar-refractivity contribution < 1.29 is 18.8 Å². The number of aliphatic hydroxyl groups excluding tert-OH is 1. The van der Waals surface area contributed by atoms with Gasteiger partial charge in [-0.25, -0.2) is 9.24 Å². The van der Waals surface area contributed by atoms with Crippen molar-refractivity contribution in [2.75, 3.05) is 12.3 Å². The maximum atomic E-state index is 13.3. The first kappa shape index (κ1) is 24.1. The van der Waals surface area contributed by atoms with Crippen molar-refractivity contribution in [2.45, 2.75) is 25.8 Å². The van der Waals surface area contributed by atoms with Gasteiger partial charge in [-0.15, -0.1) is 0 Å². The summed E-state index contributed by atoms with van der Waals surface area (Å²) in [5.74, 6) is 0.0372. The second-order valence-corrected chi connectivity index (χ2v) is 8.47. The van der Waals surface area contributed by atoms with Crippen molar-refractivity contribution in [2.24, 2.45) is 0 Å². The Morgan fingerprint density at radius 1 is 1.26 bits per heavy atom. The summed E-state index contributed by atoms with van der Waals surface area (Å²) in [5, 5.41) is 18.0. The fraction of sp³-hybridized carbons (Fsp3) is 0.200. The van der Waals surface area contributed by atoms with Crippen LogP contribution in [0.15, 0.2) is 53.1 Å². The Bertz CT molecular complexity index is 1420. The monoisotopic (exact) mass is 493 g/mol. The third kappa shape index (κ3) is 5.09. The molecule has 0 saturated heterocycles. The minimum absolute atomic E-state index is 0.0371. The average molecular weight is 494 g/mol. The normalized spacial score (nSPS) is 11.9. The van der Waals surface area contributed by atoms with Crippen molar-refractivity contribution in [1.29, 1.82) is 0 Å². The minimum atomic E-state index is -0.453. The Morgan fingerprint density at radius 3 is 2.66 bits per heavy atom. The van der Waals surface area contributed by atoms with Crippen molar-refractivity contribution in [3.05, 3.63) is 82.1 Å². The molecule has 0 aliphatic rings. The molecule has 0 fully saturated rings. The Morgan fingerprint density at radius 2 is 2.00 bits per heavy atom. The highest BCUT2D eigenvalue weighted by atomic mass is 35.5. The quantitative estimate of drug-likeness (QED) is 0.333. The minimum Gasteiger partial charge on any atom is -0.394 e. The van der Waals surface area contributed by atoms with Crippen molar-refractivity contribution in [3.63, 3.8) is 0 Å². The molecule has 4 aromatic rings. The standard InChI is InChI=1S/C25H21ClFN5O3/c1-14(13-33)32-25(28)24(29-2)23(30-32)16-5-3-15(4-6-16)9-18(34)11-19-12-22(31-35-19)20-8-7-17(27)10-21(20)26/h3-8,10,12,14,33H,9,11,13,28H2,1H3. The molecule has 2 aromatic heterocycles. The second kappa shape index (κ2) is 10.1. The zero-order valence-electron chi connectivity index (χ0n) is 18.7. The van der Waals surface area contributed by atoms with E-state index in [1.807, 2.05) is 0 Å². The van der Waals surface area contributed by atoms with Gasteiger partial charge in [-0.1, -0.05) is 41.0 Å². The number of hydrogen-bond acceptors (Lipinski definition) is 6. The van der Waals surface area contributed by atoms with Gasteiger partial charge in [0.05, 0.1) is 30.7 Å². The molecule has 0 saturated carbocycles. The van der Waals surface area contributed by atoms with Crippen LogP contribution in [0.4, 0.5) is 15.9 Å². The van der Waals surface area contributed by atoms with E-state index in [-0.39, 0.29) is 47.8 Å². The first-order valence-corrected chi connectivity index (χ1v) is 11.1. The third-order valence-electron chi connectivity index (χ3n) is 5.48. The Balaban J connectivity index is 1.45. The molecule has 4 rings (SSSR count). The molecule has 3 N–H and O–H groups in total. The third-order valence-corrected chi connectivity index (χ3v) is 5.79. The lowest BCUT2D eigenvalue weighted by Crippen LogP contribution is -2.13. The number of halogens is 2. The Hall–Kier alpha value is -4.00. The molecule has 1 unspecified atom stereocenters. The second-order valence-electron chi connectivity index (χ2n) is 8.06. The van der Waals surface area contributed by atoms with Crippen LogP contribution in [0.1, 0.15) is 24.3 Å². The van der Waals surface area contributed by atoms with Crippen molar-refractivity contribution in [3.8, 4) is 22.5 Å². The molecule has 35 heavy (non-hydrogen) atoms. The Kier molecular flexibility index (Phi) is 6.96. The number of rotatable bonds is 8.